The number of benzene rings is 1. The van der Waals surface area contributed by atoms with Crippen LogP contribution in [0.25, 0.3) is 5.69 Å². The lowest BCUT2D eigenvalue weighted by atomic mass is 10.1. The first kappa shape index (κ1) is 15.6. The van der Waals surface area contributed by atoms with Crippen LogP contribution in [0.3, 0.4) is 0 Å². The molecule has 1 aromatic carbocycles. The molecule has 1 atom stereocenters. The van der Waals surface area contributed by atoms with Gasteiger partial charge in [-0.05, 0) is 42.3 Å². The maximum absolute atomic E-state index is 11.9. The molecule has 2 aromatic rings. The van der Waals surface area contributed by atoms with Gasteiger partial charge >= 0.3 is 12.0 Å². The van der Waals surface area contributed by atoms with Crippen molar-refractivity contribution in [3.8, 4) is 5.69 Å². The van der Waals surface area contributed by atoms with Gasteiger partial charge in [-0.15, -0.1) is 0 Å². The van der Waals surface area contributed by atoms with Gasteiger partial charge < -0.3 is 20.3 Å². The average Bonchev–Trinajstić information content (AvgIpc) is 2.99. The molecule has 2 rings (SSSR count). The number of carboxylic acids is 1. The lowest BCUT2D eigenvalue weighted by Gasteiger charge is -2.18. The standard InChI is InChI=1S/C16H19N3O3/c1-11(2)14(15(20)21)18-16(22)17-12-5-7-13(8-6-12)19-9-3-4-10-19/h3-11,14H,1-2H3,(H,20,21)(H2,17,18,22). The summed E-state index contributed by atoms with van der Waals surface area (Å²) in [6.45, 7) is 3.48. The van der Waals surface area contributed by atoms with E-state index in [1.54, 1.807) is 26.0 Å². The van der Waals surface area contributed by atoms with E-state index in [4.69, 9.17) is 5.11 Å². The Labute approximate surface area is 128 Å². The van der Waals surface area contributed by atoms with Gasteiger partial charge in [-0.3, -0.25) is 0 Å². The van der Waals surface area contributed by atoms with E-state index in [-0.39, 0.29) is 5.92 Å². The number of nitrogens with zero attached hydrogens (tertiary/aromatic N) is 1. The lowest BCUT2D eigenvalue weighted by Crippen LogP contribution is -2.46. The number of urea groups is 1. The molecular weight excluding hydrogens is 282 g/mol. The van der Waals surface area contributed by atoms with Gasteiger partial charge in [0.1, 0.15) is 6.04 Å². The molecule has 0 aliphatic heterocycles. The first-order chi connectivity index (χ1) is 10.5. The second kappa shape index (κ2) is 6.80. The Morgan fingerprint density at radius 3 is 2.18 bits per heavy atom. The first-order valence-electron chi connectivity index (χ1n) is 7.01. The fraction of sp³-hybridized carbons (Fsp3) is 0.250. The monoisotopic (exact) mass is 301 g/mol. The molecule has 22 heavy (non-hydrogen) atoms. The minimum Gasteiger partial charge on any atom is -0.480 e. The number of carbonyl (C=O) groups is 2. The van der Waals surface area contributed by atoms with Crippen LogP contribution < -0.4 is 10.6 Å². The fourth-order valence-electron chi connectivity index (χ4n) is 2.05. The zero-order chi connectivity index (χ0) is 16.1. The maximum Gasteiger partial charge on any atom is 0.326 e. The van der Waals surface area contributed by atoms with Crippen molar-refractivity contribution in [2.24, 2.45) is 5.92 Å². The van der Waals surface area contributed by atoms with Crippen molar-refractivity contribution in [3.05, 3.63) is 48.8 Å². The Morgan fingerprint density at radius 2 is 1.68 bits per heavy atom. The van der Waals surface area contributed by atoms with Gasteiger partial charge in [0.05, 0.1) is 0 Å². The first-order valence-corrected chi connectivity index (χ1v) is 7.01. The number of aromatic nitrogens is 1. The number of aliphatic carboxylic acids is 1. The number of hydrogen-bond acceptors (Lipinski definition) is 2. The Morgan fingerprint density at radius 1 is 1.09 bits per heavy atom. The Bertz CT molecular complexity index is 633. The summed E-state index contributed by atoms with van der Waals surface area (Å²) in [6, 6.07) is 9.67. The number of anilines is 1. The maximum atomic E-state index is 11.9. The van der Waals surface area contributed by atoms with Crippen LogP contribution in [0.1, 0.15) is 13.8 Å². The number of nitrogens with one attached hydrogen (secondary N) is 2. The average molecular weight is 301 g/mol. The molecule has 1 aromatic heterocycles. The number of amides is 2. The summed E-state index contributed by atoms with van der Waals surface area (Å²) in [5.41, 5.74) is 1.57. The highest BCUT2D eigenvalue weighted by Crippen LogP contribution is 2.13. The number of hydrogen-bond donors (Lipinski definition) is 3. The fourth-order valence-corrected chi connectivity index (χ4v) is 2.05. The number of carboxylic acid groups (broad SMARTS) is 1. The summed E-state index contributed by atoms with van der Waals surface area (Å²) in [7, 11) is 0. The van der Waals surface area contributed by atoms with Crippen LogP contribution in [0, 0.1) is 5.92 Å². The molecule has 0 saturated carbocycles. The Kier molecular flexibility index (Phi) is 4.83. The van der Waals surface area contributed by atoms with Gasteiger partial charge in [-0.1, -0.05) is 13.8 Å². The largest absolute Gasteiger partial charge is 0.480 e. The zero-order valence-electron chi connectivity index (χ0n) is 12.5. The van der Waals surface area contributed by atoms with E-state index in [2.05, 4.69) is 10.6 Å². The van der Waals surface area contributed by atoms with Crippen molar-refractivity contribution in [1.29, 1.82) is 0 Å². The van der Waals surface area contributed by atoms with E-state index in [0.29, 0.717) is 5.69 Å². The summed E-state index contributed by atoms with van der Waals surface area (Å²) < 4.78 is 1.95. The molecule has 1 heterocycles. The third kappa shape index (κ3) is 3.88. The quantitative estimate of drug-likeness (QED) is 0.794. The van der Waals surface area contributed by atoms with Crippen LogP contribution in [-0.2, 0) is 4.79 Å². The number of carbonyl (C=O) groups excluding carboxylic acids is 1. The molecule has 0 aliphatic carbocycles. The lowest BCUT2D eigenvalue weighted by molar-refractivity contribution is -0.140. The van der Waals surface area contributed by atoms with Gasteiger partial charge in [-0.2, -0.15) is 0 Å². The van der Waals surface area contributed by atoms with Crippen molar-refractivity contribution in [3.63, 3.8) is 0 Å². The van der Waals surface area contributed by atoms with Crippen molar-refractivity contribution >= 4 is 17.7 Å². The SMILES string of the molecule is CC(C)C(NC(=O)Nc1ccc(-n2cccc2)cc1)C(=O)O. The Hall–Kier alpha value is -2.76. The molecule has 2 amide bonds. The smallest absolute Gasteiger partial charge is 0.326 e. The highest BCUT2D eigenvalue weighted by atomic mass is 16.4. The normalized spacial score (nSPS) is 12.0. The van der Waals surface area contributed by atoms with Crippen molar-refractivity contribution in [1.82, 2.24) is 9.88 Å². The summed E-state index contributed by atoms with van der Waals surface area (Å²) in [4.78, 5) is 22.9. The van der Waals surface area contributed by atoms with Gasteiger partial charge in [0.25, 0.3) is 0 Å². The summed E-state index contributed by atoms with van der Waals surface area (Å²) in [6.07, 6.45) is 3.85. The van der Waals surface area contributed by atoms with Crippen molar-refractivity contribution in [2.45, 2.75) is 19.9 Å². The van der Waals surface area contributed by atoms with Gasteiger partial charge in [0.15, 0.2) is 0 Å². The van der Waals surface area contributed by atoms with Crippen LogP contribution in [0.5, 0.6) is 0 Å². The van der Waals surface area contributed by atoms with E-state index in [1.807, 2.05) is 41.2 Å². The summed E-state index contributed by atoms with van der Waals surface area (Å²) in [5.74, 6) is -1.24. The second-order valence-corrected chi connectivity index (χ2v) is 5.30. The highest BCUT2D eigenvalue weighted by Gasteiger charge is 2.23. The molecule has 0 aliphatic rings. The zero-order valence-corrected chi connectivity index (χ0v) is 12.5. The van der Waals surface area contributed by atoms with E-state index < -0.39 is 18.0 Å². The molecule has 1 unspecified atom stereocenters. The molecule has 6 nitrogen and oxygen atoms in total. The van der Waals surface area contributed by atoms with Gasteiger partial charge in [0.2, 0.25) is 0 Å². The molecule has 3 N–H and O–H groups in total. The van der Waals surface area contributed by atoms with Gasteiger partial charge in [0, 0.05) is 23.8 Å². The third-order valence-electron chi connectivity index (χ3n) is 3.25. The molecule has 0 bridgehead atoms. The Balaban J connectivity index is 1.98. The minimum absolute atomic E-state index is 0.195. The molecule has 0 radical (unpaired) electrons. The summed E-state index contributed by atoms with van der Waals surface area (Å²) in [5, 5.41) is 14.1. The van der Waals surface area contributed by atoms with Crippen LogP contribution in [0.2, 0.25) is 0 Å². The molecular formula is C16H19N3O3. The van der Waals surface area contributed by atoms with E-state index >= 15 is 0 Å². The summed E-state index contributed by atoms with van der Waals surface area (Å²) >= 11 is 0. The third-order valence-corrected chi connectivity index (χ3v) is 3.25. The van der Waals surface area contributed by atoms with Crippen LogP contribution in [0.4, 0.5) is 10.5 Å². The molecule has 116 valence electrons. The van der Waals surface area contributed by atoms with E-state index in [9.17, 15) is 9.59 Å². The minimum atomic E-state index is -1.05. The predicted octanol–water partition coefficient (Wildman–Crippen LogP) is 2.71. The van der Waals surface area contributed by atoms with E-state index in [1.165, 1.54) is 0 Å². The molecule has 0 saturated heterocycles. The predicted molar refractivity (Wildman–Crippen MR) is 84.2 cm³/mol. The van der Waals surface area contributed by atoms with E-state index in [0.717, 1.165) is 5.69 Å². The van der Waals surface area contributed by atoms with Crippen molar-refractivity contribution in [2.75, 3.05) is 5.32 Å². The molecule has 6 heteroatoms. The van der Waals surface area contributed by atoms with Crippen LogP contribution in [-0.4, -0.2) is 27.7 Å². The van der Waals surface area contributed by atoms with Gasteiger partial charge in [-0.25, -0.2) is 9.59 Å². The van der Waals surface area contributed by atoms with Crippen LogP contribution >= 0.6 is 0 Å². The van der Waals surface area contributed by atoms with Crippen LogP contribution in [0.15, 0.2) is 48.8 Å². The van der Waals surface area contributed by atoms with Crippen molar-refractivity contribution < 1.29 is 14.7 Å². The molecule has 0 fully saturated rings. The topological polar surface area (TPSA) is 83.4 Å². The highest BCUT2D eigenvalue weighted by molar-refractivity contribution is 5.92. The molecule has 0 spiro atoms. The second-order valence-electron chi connectivity index (χ2n) is 5.30. The number of rotatable bonds is 5.